The summed E-state index contributed by atoms with van der Waals surface area (Å²) >= 11 is 0. The average Bonchev–Trinajstić information content (AvgIpc) is 3.44. The molecule has 0 N–H and O–H groups in total. The number of rotatable bonds is 16. The van der Waals surface area contributed by atoms with Crippen LogP contribution in [0, 0.1) is 11.2 Å². The number of amides is 1. The van der Waals surface area contributed by atoms with Gasteiger partial charge in [0.25, 0.3) is 11.8 Å². The van der Waals surface area contributed by atoms with Gasteiger partial charge in [0, 0.05) is 69.9 Å². The van der Waals surface area contributed by atoms with Crippen molar-refractivity contribution in [2.45, 2.75) is 84.8 Å². The Balaban J connectivity index is 1.42. The van der Waals surface area contributed by atoms with Crippen LogP contribution in [0.1, 0.15) is 77.1 Å². The number of anilines is 1. The maximum atomic E-state index is 14.3. The molecule has 2 atom stereocenters. The first-order valence-corrected chi connectivity index (χ1v) is 16.3. The Kier molecular flexibility index (Phi) is 11.9. The zero-order chi connectivity index (χ0) is 31.9. The van der Waals surface area contributed by atoms with E-state index < -0.39 is 5.82 Å². The zero-order valence-electron chi connectivity index (χ0n) is 27.8. The Hall–Kier alpha value is -2.89. The fraction of sp³-hybridized carbons (Fsp3) is 0.697. The van der Waals surface area contributed by atoms with Crippen LogP contribution in [-0.4, -0.2) is 114 Å². The predicted octanol–water partition coefficient (Wildman–Crippen LogP) is 5.10. The third-order valence-corrected chi connectivity index (χ3v) is 9.45. The molecule has 0 radical (unpaired) electrons. The van der Waals surface area contributed by atoms with Crippen molar-refractivity contribution in [2.75, 3.05) is 64.9 Å². The molecule has 1 spiro atoms. The summed E-state index contributed by atoms with van der Waals surface area (Å²) < 4.78 is 25.7. The van der Waals surface area contributed by atoms with E-state index in [-0.39, 0.29) is 34.6 Å². The second-order valence-corrected chi connectivity index (χ2v) is 12.9. The van der Waals surface area contributed by atoms with Gasteiger partial charge in [-0.3, -0.25) is 9.69 Å². The van der Waals surface area contributed by atoms with Crippen molar-refractivity contribution in [1.29, 1.82) is 0 Å². The van der Waals surface area contributed by atoms with E-state index in [0.29, 0.717) is 24.4 Å². The number of likely N-dealkylation sites (tertiary alicyclic amines) is 1. The SMILES string of the molecule is CCC[C@H](CCC(C)N(C)CCOC)N1CC2(CCN(c3ncnnc3Oc3ccc(F)cc3C(=O)N(CC)C(C)C)C2)C1. The summed E-state index contributed by atoms with van der Waals surface area (Å²) in [5.41, 5.74) is 0.371. The van der Waals surface area contributed by atoms with Crippen LogP contribution in [0.25, 0.3) is 0 Å². The van der Waals surface area contributed by atoms with Gasteiger partial charge in [-0.1, -0.05) is 13.3 Å². The van der Waals surface area contributed by atoms with Gasteiger partial charge in [0.2, 0.25) is 0 Å². The van der Waals surface area contributed by atoms with Crippen LogP contribution in [0.2, 0.25) is 0 Å². The number of nitrogens with zero attached hydrogens (tertiary/aromatic N) is 7. The molecule has 2 aromatic rings. The third kappa shape index (κ3) is 8.03. The van der Waals surface area contributed by atoms with Crippen molar-refractivity contribution in [2.24, 2.45) is 5.41 Å². The normalized spacial score (nSPS) is 17.7. The summed E-state index contributed by atoms with van der Waals surface area (Å²) in [6.45, 7) is 16.4. The maximum absolute atomic E-state index is 14.3. The highest BCUT2D eigenvalue weighted by Crippen LogP contribution is 2.44. The summed E-state index contributed by atoms with van der Waals surface area (Å²) in [7, 11) is 3.94. The first-order valence-electron chi connectivity index (χ1n) is 16.3. The van der Waals surface area contributed by atoms with Gasteiger partial charge in [0.15, 0.2) is 5.82 Å². The third-order valence-electron chi connectivity index (χ3n) is 9.45. The molecule has 44 heavy (non-hydrogen) atoms. The molecule has 2 aliphatic rings. The van der Waals surface area contributed by atoms with Gasteiger partial charge in [-0.2, -0.15) is 0 Å². The molecule has 11 heteroatoms. The van der Waals surface area contributed by atoms with Crippen molar-refractivity contribution in [3.05, 3.63) is 35.9 Å². The lowest BCUT2D eigenvalue weighted by molar-refractivity contribution is -0.0241. The van der Waals surface area contributed by atoms with Gasteiger partial charge in [0.05, 0.1) is 12.2 Å². The smallest absolute Gasteiger partial charge is 0.282 e. The summed E-state index contributed by atoms with van der Waals surface area (Å²) in [6.07, 6.45) is 7.27. The quantitative estimate of drug-likeness (QED) is 0.257. The van der Waals surface area contributed by atoms with Crippen molar-refractivity contribution in [1.82, 2.24) is 29.9 Å². The Morgan fingerprint density at radius 1 is 1.14 bits per heavy atom. The second kappa shape index (κ2) is 15.4. The fourth-order valence-corrected chi connectivity index (χ4v) is 6.70. The number of hydrogen-bond acceptors (Lipinski definition) is 9. The van der Waals surface area contributed by atoms with E-state index in [4.69, 9.17) is 9.47 Å². The number of ether oxygens (including phenoxy) is 2. The van der Waals surface area contributed by atoms with E-state index in [9.17, 15) is 9.18 Å². The number of hydrogen-bond donors (Lipinski definition) is 0. The highest BCUT2D eigenvalue weighted by atomic mass is 19.1. The molecule has 1 aromatic heterocycles. The van der Waals surface area contributed by atoms with E-state index in [1.807, 2.05) is 20.8 Å². The molecule has 2 saturated heterocycles. The predicted molar refractivity (Wildman–Crippen MR) is 171 cm³/mol. The molecular weight excluding hydrogens is 561 g/mol. The van der Waals surface area contributed by atoms with Gasteiger partial charge in [-0.15, -0.1) is 10.2 Å². The molecule has 1 amide bonds. The Labute approximate surface area is 262 Å². The molecule has 4 rings (SSSR count). The number of likely N-dealkylation sites (N-methyl/N-ethyl adjacent to an activating group) is 1. The lowest BCUT2D eigenvalue weighted by Gasteiger charge is -2.52. The van der Waals surface area contributed by atoms with E-state index in [0.717, 1.165) is 45.8 Å². The first kappa shape index (κ1) is 34.0. The molecule has 3 heterocycles. The van der Waals surface area contributed by atoms with Crippen LogP contribution >= 0.6 is 0 Å². The Morgan fingerprint density at radius 2 is 1.91 bits per heavy atom. The van der Waals surface area contributed by atoms with Crippen LogP contribution in [0.4, 0.5) is 10.2 Å². The fourth-order valence-electron chi connectivity index (χ4n) is 6.70. The molecule has 1 unspecified atom stereocenters. The number of benzene rings is 1. The molecule has 0 bridgehead atoms. The van der Waals surface area contributed by atoms with Gasteiger partial charge in [0.1, 0.15) is 17.9 Å². The summed E-state index contributed by atoms with van der Waals surface area (Å²) in [4.78, 5) is 26.9. The molecular formula is C33H52FN7O3. The summed E-state index contributed by atoms with van der Waals surface area (Å²) in [5, 5.41) is 8.23. The molecule has 2 aliphatic heterocycles. The molecule has 2 fully saturated rings. The van der Waals surface area contributed by atoms with Crippen molar-refractivity contribution in [3.8, 4) is 11.6 Å². The Bertz CT molecular complexity index is 1230. The van der Waals surface area contributed by atoms with Crippen LogP contribution < -0.4 is 9.64 Å². The minimum absolute atomic E-state index is 0.0391. The minimum Gasteiger partial charge on any atom is -0.434 e. The van der Waals surface area contributed by atoms with Crippen molar-refractivity contribution >= 4 is 11.7 Å². The average molecular weight is 614 g/mol. The monoisotopic (exact) mass is 613 g/mol. The van der Waals surface area contributed by atoms with Gasteiger partial charge in [-0.05, 0) is 78.6 Å². The second-order valence-electron chi connectivity index (χ2n) is 12.9. The Morgan fingerprint density at radius 3 is 2.59 bits per heavy atom. The number of carbonyl (C=O) groups is 1. The zero-order valence-corrected chi connectivity index (χ0v) is 27.8. The lowest BCUT2D eigenvalue weighted by Crippen LogP contribution is -2.61. The molecule has 244 valence electrons. The molecule has 0 aliphatic carbocycles. The van der Waals surface area contributed by atoms with Crippen molar-refractivity contribution < 1.29 is 18.7 Å². The molecule has 10 nitrogen and oxygen atoms in total. The summed E-state index contributed by atoms with van der Waals surface area (Å²) in [6, 6.07) is 5.08. The number of carbonyl (C=O) groups excluding carboxylic acids is 1. The first-order chi connectivity index (χ1) is 21.1. The summed E-state index contributed by atoms with van der Waals surface area (Å²) in [5.74, 6) is 0.287. The largest absolute Gasteiger partial charge is 0.434 e. The van der Waals surface area contributed by atoms with Crippen LogP contribution in [0.3, 0.4) is 0 Å². The van der Waals surface area contributed by atoms with Gasteiger partial charge < -0.3 is 24.2 Å². The highest BCUT2D eigenvalue weighted by molar-refractivity contribution is 5.97. The van der Waals surface area contributed by atoms with Crippen LogP contribution in [-0.2, 0) is 4.74 Å². The van der Waals surface area contributed by atoms with Crippen molar-refractivity contribution in [3.63, 3.8) is 0 Å². The number of aromatic nitrogens is 3. The number of halogens is 1. The standard InChI is InChI=1S/C33H52FN7O3/c1-8-10-27(13-11-25(5)38(6)17-18-43-7)40-21-33(22-40)15-16-39(20-33)30-31(37-36-23-35-30)44-29-14-12-26(34)19-28(29)32(42)41(9-2)24(3)4/h12,14,19,23-25,27H,8-11,13,15-18,20-22H2,1-7H3/t25?,27-/m1/s1. The van der Waals surface area contributed by atoms with E-state index >= 15 is 0 Å². The van der Waals surface area contributed by atoms with Crippen LogP contribution in [0.5, 0.6) is 11.6 Å². The minimum atomic E-state index is -0.497. The van der Waals surface area contributed by atoms with E-state index in [1.165, 1.54) is 50.2 Å². The topological polar surface area (TPSA) is 87.2 Å². The lowest BCUT2D eigenvalue weighted by atomic mass is 9.77. The van der Waals surface area contributed by atoms with Crippen LogP contribution in [0.15, 0.2) is 24.5 Å². The number of methoxy groups -OCH3 is 1. The van der Waals surface area contributed by atoms with Gasteiger partial charge in [-0.25, -0.2) is 9.37 Å². The van der Waals surface area contributed by atoms with E-state index in [2.05, 4.69) is 50.8 Å². The van der Waals surface area contributed by atoms with Gasteiger partial charge >= 0.3 is 0 Å². The molecule has 0 saturated carbocycles. The van der Waals surface area contributed by atoms with E-state index in [1.54, 1.807) is 12.0 Å². The highest BCUT2D eigenvalue weighted by Gasteiger charge is 2.50. The maximum Gasteiger partial charge on any atom is 0.282 e. The molecule has 1 aromatic carbocycles.